The molecule has 6 nitrogen and oxygen atoms in total. The first-order valence-electron chi connectivity index (χ1n) is 7.36. The van der Waals surface area contributed by atoms with Crippen LogP contribution in [-0.2, 0) is 4.74 Å². The molecule has 2 atom stereocenters. The molecule has 1 aromatic carbocycles. The second-order valence-corrected chi connectivity index (χ2v) is 5.69. The minimum atomic E-state index is 0.188. The van der Waals surface area contributed by atoms with Crippen LogP contribution in [0.3, 0.4) is 0 Å². The molecule has 0 amide bonds. The predicted octanol–water partition coefficient (Wildman–Crippen LogP) is 0.159. The lowest BCUT2D eigenvalue weighted by molar-refractivity contribution is -0.0961. The van der Waals surface area contributed by atoms with Crippen molar-refractivity contribution in [2.45, 2.75) is 12.2 Å². The molecule has 2 aliphatic rings. The van der Waals surface area contributed by atoms with Crippen LogP contribution < -0.4 is 15.4 Å². The molecule has 2 heterocycles. The van der Waals surface area contributed by atoms with Gasteiger partial charge in [-0.3, -0.25) is 4.90 Å². The minimum absolute atomic E-state index is 0.188. The zero-order valence-electron chi connectivity index (χ0n) is 12.4. The molecule has 0 radical (unpaired) electrons. The summed E-state index contributed by atoms with van der Waals surface area (Å²) in [5.41, 5.74) is 7.65. The maximum atomic E-state index is 9.08. The van der Waals surface area contributed by atoms with Crippen LogP contribution in [0.25, 0.3) is 0 Å². The molecule has 6 heteroatoms. The van der Waals surface area contributed by atoms with E-state index in [-0.39, 0.29) is 18.8 Å². The minimum Gasteiger partial charge on any atom is -0.495 e. The van der Waals surface area contributed by atoms with Crippen molar-refractivity contribution >= 4 is 11.4 Å². The first-order chi connectivity index (χ1) is 10.2. The average molecular weight is 293 g/mol. The average Bonchev–Trinajstić information content (AvgIpc) is 2.47. The normalized spacial score (nSPS) is 25.9. The summed E-state index contributed by atoms with van der Waals surface area (Å²) in [5.74, 6) is 0.714. The summed E-state index contributed by atoms with van der Waals surface area (Å²) in [4.78, 5) is 4.61. The summed E-state index contributed by atoms with van der Waals surface area (Å²) in [6, 6.07) is 5.91. The van der Waals surface area contributed by atoms with Gasteiger partial charge in [0.25, 0.3) is 0 Å². The Hall–Kier alpha value is -1.50. The predicted molar refractivity (Wildman–Crippen MR) is 81.8 cm³/mol. The van der Waals surface area contributed by atoms with Gasteiger partial charge in [-0.25, -0.2) is 0 Å². The fraction of sp³-hybridized carbons (Fsp3) is 0.600. The van der Waals surface area contributed by atoms with Crippen molar-refractivity contribution < 1.29 is 14.6 Å². The number of fused-ring (bicyclic) bond motifs is 2. The summed E-state index contributed by atoms with van der Waals surface area (Å²) in [6.45, 7) is 4.39. The third-order valence-electron chi connectivity index (χ3n) is 4.16. The van der Waals surface area contributed by atoms with Crippen molar-refractivity contribution in [2.75, 3.05) is 57.1 Å². The number of nitrogen functional groups attached to an aromatic ring is 1. The summed E-state index contributed by atoms with van der Waals surface area (Å²) in [7, 11) is 1.64. The van der Waals surface area contributed by atoms with Crippen LogP contribution >= 0.6 is 0 Å². The second kappa shape index (κ2) is 6.09. The number of nitrogens with zero attached hydrogens (tertiary/aromatic N) is 2. The Kier molecular flexibility index (Phi) is 4.19. The Labute approximate surface area is 125 Å². The Morgan fingerprint density at radius 3 is 2.62 bits per heavy atom. The van der Waals surface area contributed by atoms with Gasteiger partial charge in [-0.2, -0.15) is 0 Å². The molecular weight excluding hydrogens is 270 g/mol. The van der Waals surface area contributed by atoms with E-state index in [2.05, 4.69) is 9.80 Å². The smallest absolute Gasteiger partial charge is 0.143 e. The monoisotopic (exact) mass is 293 g/mol. The molecule has 116 valence electrons. The quantitative estimate of drug-likeness (QED) is 0.771. The van der Waals surface area contributed by atoms with Gasteiger partial charge in [0, 0.05) is 44.5 Å². The highest BCUT2D eigenvalue weighted by Gasteiger charge is 2.34. The number of methoxy groups -OCH3 is 1. The molecule has 2 bridgehead atoms. The van der Waals surface area contributed by atoms with E-state index in [0.717, 1.165) is 38.4 Å². The highest BCUT2D eigenvalue weighted by atomic mass is 16.5. The molecule has 3 N–H and O–H groups in total. The first kappa shape index (κ1) is 14.4. The third-order valence-corrected chi connectivity index (χ3v) is 4.16. The molecule has 21 heavy (non-hydrogen) atoms. The van der Waals surface area contributed by atoms with Crippen molar-refractivity contribution in [3.05, 3.63) is 18.2 Å². The SMILES string of the molecule is COc1cc(N2CC3CN(CCO)CC(C2)O3)ccc1N. The van der Waals surface area contributed by atoms with E-state index in [1.165, 1.54) is 0 Å². The van der Waals surface area contributed by atoms with Gasteiger partial charge in [0.2, 0.25) is 0 Å². The maximum Gasteiger partial charge on any atom is 0.143 e. The van der Waals surface area contributed by atoms with Gasteiger partial charge >= 0.3 is 0 Å². The molecular formula is C15H23N3O3. The molecule has 2 unspecified atom stereocenters. The highest BCUT2D eigenvalue weighted by molar-refractivity contribution is 5.62. The van der Waals surface area contributed by atoms with Gasteiger partial charge < -0.3 is 25.2 Å². The van der Waals surface area contributed by atoms with Gasteiger partial charge in [0.05, 0.1) is 31.6 Å². The largest absolute Gasteiger partial charge is 0.495 e. The molecule has 0 spiro atoms. The number of ether oxygens (including phenoxy) is 2. The van der Waals surface area contributed by atoms with Crippen molar-refractivity contribution in [1.29, 1.82) is 0 Å². The summed E-state index contributed by atoms with van der Waals surface area (Å²) in [5, 5.41) is 9.08. The number of aliphatic hydroxyl groups excluding tert-OH is 1. The van der Waals surface area contributed by atoms with Crippen molar-refractivity contribution in [3.8, 4) is 5.75 Å². The number of anilines is 2. The van der Waals surface area contributed by atoms with E-state index in [1.807, 2.05) is 18.2 Å². The highest BCUT2D eigenvalue weighted by Crippen LogP contribution is 2.30. The number of aliphatic hydroxyl groups is 1. The number of morpholine rings is 2. The van der Waals surface area contributed by atoms with E-state index in [9.17, 15) is 0 Å². The van der Waals surface area contributed by atoms with E-state index in [0.29, 0.717) is 11.4 Å². The zero-order valence-corrected chi connectivity index (χ0v) is 12.4. The number of rotatable bonds is 4. The maximum absolute atomic E-state index is 9.08. The molecule has 2 fully saturated rings. The van der Waals surface area contributed by atoms with Crippen LogP contribution in [-0.4, -0.2) is 68.7 Å². The summed E-state index contributed by atoms with van der Waals surface area (Å²) >= 11 is 0. The van der Waals surface area contributed by atoms with Crippen molar-refractivity contribution in [3.63, 3.8) is 0 Å². The van der Waals surface area contributed by atoms with E-state index >= 15 is 0 Å². The summed E-state index contributed by atoms with van der Waals surface area (Å²) in [6.07, 6.45) is 0.375. The van der Waals surface area contributed by atoms with Crippen LogP contribution in [0, 0.1) is 0 Å². The van der Waals surface area contributed by atoms with Crippen LogP contribution in [0.1, 0.15) is 0 Å². The van der Waals surface area contributed by atoms with Crippen LogP contribution in [0.2, 0.25) is 0 Å². The van der Waals surface area contributed by atoms with Crippen molar-refractivity contribution in [1.82, 2.24) is 4.90 Å². The van der Waals surface area contributed by atoms with Gasteiger partial charge in [-0.1, -0.05) is 0 Å². The molecule has 2 saturated heterocycles. The molecule has 0 aliphatic carbocycles. The van der Waals surface area contributed by atoms with Gasteiger partial charge in [0.15, 0.2) is 0 Å². The molecule has 2 aliphatic heterocycles. The lowest BCUT2D eigenvalue weighted by Gasteiger charge is -2.46. The number of hydrogen-bond acceptors (Lipinski definition) is 6. The fourth-order valence-electron chi connectivity index (χ4n) is 3.21. The van der Waals surface area contributed by atoms with E-state index < -0.39 is 0 Å². The van der Waals surface area contributed by atoms with Gasteiger partial charge in [-0.15, -0.1) is 0 Å². The zero-order chi connectivity index (χ0) is 14.8. The number of nitrogens with two attached hydrogens (primary N) is 1. The molecule has 0 saturated carbocycles. The van der Waals surface area contributed by atoms with E-state index in [4.69, 9.17) is 20.3 Å². The Morgan fingerprint density at radius 2 is 2.00 bits per heavy atom. The van der Waals surface area contributed by atoms with Crippen LogP contribution in [0.15, 0.2) is 18.2 Å². The van der Waals surface area contributed by atoms with E-state index in [1.54, 1.807) is 7.11 Å². The fourth-order valence-corrected chi connectivity index (χ4v) is 3.21. The lowest BCUT2D eigenvalue weighted by Crippen LogP contribution is -2.60. The summed E-state index contributed by atoms with van der Waals surface area (Å²) < 4.78 is 11.3. The standard InChI is InChI=1S/C15H23N3O3/c1-20-15-6-11(2-3-14(15)16)18-9-12-7-17(4-5-19)8-13(10-18)21-12/h2-3,6,12-13,19H,4-5,7-10,16H2,1H3. The topological polar surface area (TPSA) is 71.2 Å². The van der Waals surface area contributed by atoms with Crippen LogP contribution in [0.5, 0.6) is 5.75 Å². The molecule has 3 rings (SSSR count). The van der Waals surface area contributed by atoms with Crippen LogP contribution in [0.4, 0.5) is 11.4 Å². The molecule has 1 aromatic rings. The third kappa shape index (κ3) is 3.07. The first-order valence-corrected chi connectivity index (χ1v) is 7.36. The van der Waals surface area contributed by atoms with Crippen molar-refractivity contribution in [2.24, 2.45) is 0 Å². The van der Waals surface area contributed by atoms with Gasteiger partial charge in [0.1, 0.15) is 5.75 Å². The number of benzene rings is 1. The Morgan fingerprint density at radius 1 is 1.29 bits per heavy atom. The van der Waals surface area contributed by atoms with Gasteiger partial charge in [-0.05, 0) is 12.1 Å². The Bertz CT molecular complexity index is 483. The number of β-amino-alcohol motifs (C(OH)–C–C–N with tert-alkyl or cyclic N) is 1. The second-order valence-electron chi connectivity index (χ2n) is 5.69. The lowest BCUT2D eigenvalue weighted by atomic mass is 10.1. The Balaban J connectivity index is 1.72. The number of hydrogen-bond donors (Lipinski definition) is 2. The molecule has 0 aromatic heterocycles.